The number of amides is 2. The molecule has 2 aliphatic rings. The van der Waals surface area contributed by atoms with Gasteiger partial charge >= 0.3 is 0 Å². The zero-order valence-corrected chi connectivity index (χ0v) is 13.1. The van der Waals surface area contributed by atoms with Gasteiger partial charge in [0.1, 0.15) is 0 Å². The van der Waals surface area contributed by atoms with Crippen molar-refractivity contribution in [3.63, 3.8) is 0 Å². The predicted molar refractivity (Wildman–Crippen MR) is 86.9 cm³/mol. The number of nitrogens with zero attached hydrogens (tertiary/aromatic N) is 1. The zero-order valence-electron chi connectivity index (χ0n) is 13.1. The number of benzene rings is 1. The number of nitrogens with one attached hydrogen (secondary N) is 1. The second kappa shape index (κ2) is 6.14. The molecular weight excluding hydrogens is 295 g/mol. The number of hydrogen-bond acceptors (Lipinski definition) is 2. The highest BCUT2D eigenvalue weighted by Crippen LogP contribution is 2.40. The number of halogens is 1. The lowest BCUT2D eigenvalue weighted by atomic mass is 9.89. The fraction of sp³-hybridized carbons (Fsp3) is 0.444. The lowest BCUT2D eigenvalue weighted by Gasteiger charge is -2.31. The number of rotatable bonds is 4. The van der Waals surface area contributed by atoms with Gasteiger partial charge in [-0.1, -0.05) is 18.7 Å². The van der Waals surface area contributed by atoms with Crippen molar-refractivity contribution in [2.75, 3.05) is 18.4 Å². The second-order valence-electron chi connectivity index (χ2n) is 6.35. The van der Waals surface area contributed by atoms with Crippen LogP contribution in [0.2, 0.25) is 0 Å². The molecule has 1 aromatic rings. The number of alkyl halides is 1. The maximum absolute atomic E-state index is 13.6. The molecule has 1 aliphatic heterocycles. The van der Waals surface area contributed by atoms with E-state index in [1.54, 1.807) is 0 Å². The van der Waals surface area contributed by atoms with Crippen LogP contribution in [-0.4, -0.2) is 35.5 Å². The molecule has 0 unspecified atom stereocenters. The van der Waals surface area contributed by atoms with E-state index in [0.29, 0.717) is 24.4 Å². The Bertz CT molecular complexity index is 614. The van der Waals surface area contributed by atoms with Crippen molar-refractivity contribution in [1.82, 2.24) is 4.90 Å². The number of anilines is 1. The van der Waals surface area contributed by atoms with Crippen molar-refractivity contribution >= 4 is 17.5 Å². The van der Waals surface area contributed by atoms with Gasteiger partial charge in [0.15, 0.2) is 5.67 Å². The summed E-state index contributed by atoms with van der Waals surface area (Å²) in [4.78, 5) is 25.1. The van der Waals surface area contributed by atoms with Crippen LogP contribution in [0.1, 0.15) is 37.2 Å². The van der Waals surface area contributed by atoms with Gasteiger partial charge in [0, 0.05) is 18.8 Å². The Hall–Kier alpha value is -2.17. The maximum Gasteiger partial charge on any atom is 0.262 e. The first-order valence-electron chi connectivity index (χ1n) is 8.03. The molecule has 0 radical (unpaired) electrons. The molecule has 0 bridgehead atoms. The van der Waals surface area contributed by atoms with Crippen molar-refractivity contribution < 1.29 is 14.0 Å². The highest BCUT2D eigenvalue weighted by atomic mass is 19.1. The van der Waals surface area contributed by atoms with Crippen LogP contribution in [0.25, 0.3) is 0 Å². The first-order valence-corrected chi connectivity index (χ1v) is 8.03. The molecule has 0 aromatic heterocycles. The molecule has 1 saturated carbocycles. The van der Waals surface area contributed by atoms with E-state index in [1.165, 1.54) is 11.6 Å². The monoisotopic (exact) mass is 316 g/mol. The third-order valence-electron chi connectivity index (χ3n) is 4.72. The van der Waals surface area contributed by atoms with Crippen LogP contribution < -0.4 is 5.32 Å². The first-order chi connectivity index (χ1) is 11.0. The van der Waals surface area contributed by atoms with Gasteiger partial charge in [-0.25, -0.2) is 4.39 Å². The topological polar surface area (TPSA) is 49.4 Å². The number of hydrogen-bond donors (Lipinski definition) is 1. The number of likely N-dealkylation sites (tertiary alicyclic amines) is 1. The van der Waals surface area contributed by atoms with Crippen LogP contribution in [0.4, 0.5) is 10.1 Å². The normalized spacial score (nSPS) is 20.0. The van der Waals surface area contributed by atoms with E-state index in [1.807, 2.05) is 29.2 Å². The van der Waals surface area contributed by atoms with Gasteiger partial charge in [0.25, 0.3) is 5.91 Å². The Morgan fingerprint density at radius 3 is 2.35 bits per heavy atom. The maximum atomic E-state index is 13.6. The highest BCUT2D eigenvalue weighted by molar-refractivity contribution is 5.99. The molecule has 3 rings (SSSR count). The van der Waals surface area contributed by atoms with Gasteiger partial charge in [0.05, 0.1) is 0 Å². The lowest BCUT2D eigenvalue weighted by molar-refractivity contribution is -0.127. The smallest absolute Gasteiger partial charge is 0.262 e. The summed E-state index contributed by atoms with van der Waals surface area (Å²) in [5.74, 6) is -0.146. The third kappa shape index (κ3) is 3.44. The summed E-state index contributed by atoms with van der Waals surface area (Å²) in [6.07, 6.45) is 3.82. The summed E-state index contributed by atoms with van der Waals surface area (Å²) in [5, 5.41) is 2.63. The molecule has 23 heavy (non-hydrogen) atoms. The summed E-state index contributed by atoms with van der Waals surface area (Å²) >= 11 is 0. The van der Waals surface area contributed by atoms with Crippen LogP contribution in [0.5, 0.6) is 0 Å². The zero-order chi connectivity index (χ0) is 16.4. The Morgan fingerprint density at radius 1 is 1.22 bits per heavy atom. The van der Waals surface area contributed by atoms with Crippen molar-refractivity contribution in [3.05, 3.63) is 42.5 Å². The summed E-state index contributed by atoms with van der Waals surface area (Å²) in [6, 6.07) is 7.59. The molecule has 1 aromatic carbocycles. The summed E-state index contributed by atoms with van der Waals surface area (Å²) in [6.45, 7) is 4.98. The Balaban J connectivity index is 1.56. The highest BCUT2D eigenvalue weighted by Gasteiger charge is 2.50. The van der Waals surface area contributed by atoms with Crippen LogP contribution >= 0.6 is 0 Å². The molecule has 0 spiro atoms. The van der Waals surface area contributed by atoms with Crippen molar-refractivity contribution in [2.45, 2.75) is 37.3 Å². The van der Waals surface area contributed by atoms with E-state index >= 15 is 0 Å². The molecule has 2 fully saturated rings. The average molecular weight is 316 g/mol. The van der Waals surface area contributed by atoms with Crippen LogP contribution in [0.15, 0.2) is 36.9 Å². The quantitative estimate of drug-likeness (QED) is 0.868. The SMILES string of the molecule is C=CC(=O)N1CCC(c2ccc(NC(=O)C3(F)CC3)cc2)CC1. The van der Waals surface area contributed by atoms with E-state index in [4.69, 9.17) is 0 Å². The molecule has 1 N–H and O–H groups in total. The minimum Gasteiger partial charge on any atom is -0.339 e. The summed E-state index contributed by atoms with van der Waals surface area (Å²) in [5.41, 5.74) is 0.167. The minimum absolute atomic E-state index is 0.0123. The molecule has 5 heteroatoms. The Morgan fingerprint density at radius 2 is 1.83 bits per heavy atom. The van der Waals surface area contributed by atoms with Crippen molar-refractivity contribution in [3.8, 4) is 0 Å². The molecular formula is C18H21FN2O2. The molecule has 122 valence electrons. The van der Waals surface area contributed by atoms with E-state index in [2.05, 4.69) is 11.9 Å². The van der Waals surface area contributed by atoms with Gasteiger partial charge < -0.3 is 10.2 Å². The number of piperidine rings is 1. The Kier molecular flexibility index (Phi) is 4.20. The predicted octanol–water partition coefficient (Wildman–Crippen LogP) is 3.02. The fourth-order valence-electron chi connectivity index (χ4n) is 2.98. The largest absolute Gasteiger partial charge is 0.339 e. The Labute approximate surface area is 135 Å². The van der Waals surface area contributed by atoms with Crippen LogP contribution in [0, 0.1) is 0 Å². The molecule has 0 atom stereocenters. The average Bonchev–Trinajstić information content (AvgIpc) is 3.34. The third-order valence-corrected chi connectivity index (χ3v) is 4.72. The molecule has 1 heterocycles. The van der Waals surface area contributed by atoms with E-state index < -0.39 is 11.6 Å². The van der Waals surface area contributed by atoms with Crippen LogP contribution in [0.3, 0.4) is 0 Å². The summed E-state index contributed by atoms with van der Waals surface area (Å²) < 4.78 is 13.6. The molecule has 1 saturated heterocycles. The summed E-state index contributed by atoms with van der Waals surface area (Å²) in [7, 11) is 0. The van der Waals surface area contributed by atoms with Gasteiger partial charge in [-0.2, -0.15) is 0 Å². The molecule has 2 amide bonds. The van der Waals surface area contributed by atoms with Gasteiger partial charge in [-0.15, -0.1) is 0 Å². The molecule has 4 nitrogen and oxygen atoms in total. The van der Waals surface area contributed by atoms with Gasteiger partial charge in [-0.3, -0.25) is 9.59 Å². The van der Waals surface area contributed by atoms with E-state index in [-0.39, 0.29) is 5.91 Å². The van der Waals surface area contributed by atoms with E-state index in [0.717, 1.165) is 25.9 Å². The van der Waals surface area contributed by atoms with E-state index in [9.17, 15) is 14.0 Å². The number of carbonyl (C=O) groups excluding carboxylic acids is 2. The second-order valence-corrected chi connectivity index (χ2v) is 6.35. The van der Waals surface area contributed by atoms with Gasteiger partial charge in [-0.05, 0) is 55.4 Å². The minimum atomic E-state index is -1.65. The first kappa shape index (κ1) is 15.7. The molecule has 1 aliphatic carbocycles. The van der Waals surface area contributed by atoms with Crippen molar-refractivity contribution in [2.24, 2.45) is 0 Å². The fourth-order valence-corrected chi connectivity index (χ4v) is 2.98. The number of carbonyl (C=O) groups is 2. The van der Waals surface area contributed by atoms with Gasteiger partial charge in [0.2, 0.25) is 5.91 Å². The van der Waals surface area contributed by atoms with Crippen LogP contribution in [-0.2, 0) is 9.59 Å². The standard InChI is InChI=1S/C18H21FN2O2/c1-2-16(22)21-11-7-14(8-12-21)13-3-5-15(6-4-13)20-17(23)18(19)9-10-18/h2-6,14H,1,7-12H2,(H,20,23). The lowest BCUT2D eigenvalue weighted by Crippen LogP contribution is -2.36. The van der Waals surface area contributed by atoms with Crippen molar-refractivity contribution in [1.29, 1.82) is 0 Å².